The van der Waals surface area contributed by atoms with E-state index < -0.39 is 0 Å². The van der Waals surface area contributed by atoms with Gasteiger partial charge in [-0.05, 0) is 24.1 Å². The van der Waals surface area contributed by atoms with E-state index in [1.165, 1.54) is 0 Å². The first-order chi connectivity index (χ1) is 6.33. The number of aliphatic imine (C=N–C) groups is 1. The summed E-state index contributed by atoms with van der Waals surface area (Å²) in [5.74, 6) is 0. The van der Waals surface area contributed by atoms with Gasteiger partial charge < -0.3 is 0 Å². The fourth-order valence-electron chi connectivity index (χ4n) is 0.870. The quantitative estimate of drug-likeness (QED) is 0.446. The molecule has 0 aliphatic heterocycles. The minimum atomic E-state index is 0.762. The number of halogens is 2. The summed E-state index contributed by atoms with van der Waals surface area (Å²) in [6.07, 6.45) is 2.95. The predicted molar refractivity (Wildman–Crippen MR) is 62.3 cm³/mol. The largest absolute Gasteiger partial charge is 0.293 e. The molecule has 3 heteroatoms. The van der Waals surface area contributed by atoms with E-state index in [1.54, 1.807) is 0 Å². The van der Waals surface area contributed by atoms with Gasteiger partial charge in [-0.25, -0.2) is 0 Å². The number of hydrogen-bond acceptors (Lipinski definition) is 1. The first kappa shape index (κ1) is 10.7. The molecule has 1 aromatic rings. The highest BCUT2D eigenvalue weighted by Crippen LogP contribution is 2.07. The molecule has 1 rings (SSSR count). The normalized spacial score (nSPS) is 10.9. The molecule has 0 heterocycles. The molecule has 0 radical (unpaired) electrons. The Hall–Kier alpha value is -0.340. The van der Waals surface area contributed by atoms with E-state index in [-0.39, 0.29) is 0 Å². The maximum atomic E-state index is 5.74. The minimum Gasteiger partial charge on any atom is -0.293 e. The van der Waals surface area contributed by atoms with Crippen LogP contribution < -0.4 is 0 Å². The third kappa shape index (κ3) is 4.44. The van der Waals surface area contributed by atoms with Crippen LogP contribution in [-0.4, -0.2) is 18.1 Å². The van der Waals surface area contributed by atoms with Crippen molar-refractivity contribution in [1.82, 2.24) is 0 Å². The van der Waals surface area contributed by atoms with E-state index in [0.29, 0.717) is 0 Å². The zero-order valence-electron chi connectivity index (χ0n) is 7.21. The molecule has 0 atom stereocenters. The Labute approximate surface area is 92.0 Å². The predicted octanol–water partition coefficient (Wildman–Crippen LogP) is 3.54. The van der Waals surface area contributed by atoms with Gasteiger partial charge in [-0.1, -0.05) is 39.7 Å². The Bertz CT molecular complexity index is 269. The Morgan fingerprint density at radius 3 is 2.62 bits per heavy atom. The average molecular weight is 261 g/mol. The first-order valence-electron chi connectivity index (χ1n) is 4.14. The van der Waals surface area contributed by atoms with Gasteiger partial charge in [-0.3, -0.25) is 4.99 Å². The number of hydrogen-bond donors (Lipinski definition) is 0. The van der Waals surface area contributed by atoms with Crippen molar-refractivity contribution in [3.63, 3.8) is 0 Å². The molecular formula is C10H11BrClN. The van der Waals surface area contributed by atoms with E-state index in [0.717, 1.165) is 28.9 Å². The highest BCUT2D eigenvalue weighted by molar-refractivity contribution is 9.09. The summed E-state index contributed by atoms with van der Waals surface area (Å²) in [4.78, 5) is 4.26. The van der Waals surface area contributed by atoms with Crippen LogP contribution in [0, 0.1) is 0 Å². The van der Waals surface area contributed by atoms with Gasteiger partial charge in [0.25, 0.3) is 0 Å². The van der Waals surface area contributed by atoms with E-state index in [9.17, 15) is 0 Å². The smallest absolute Gasteiger partial charge is 0.0406 e. The first-order valence-corrected chi connectivity index (χ1v) is 5.64. The van der Waals surface area contributed by atoms with Crippen LogP contribution in [0.15, 0.2) is 29.3 Å². The van der Waals surface area contributed by atoms with Crippen molar-refractivity contribution < 1.29 is 0 Å². The van der Waals surface area contributed by atoms with Crippen LogP contribution in [0.5, 0.6) is 0 Å². The summed E-state index contributed by atoms with van der Waals surface area (Å²) in [6.45, 7) is 0.869. The van der Waals surface area contributed by atoms with Gasteiger partial charge in [0.15, 0.2) is 0 Å². The molecule has 0 bridgehead atoms. The molecule has 13 heavy (non-hydrogen) atoms. The second-order valence-electron chi connectivity index (χ2n) is 2.63. The lowest BCUT2D eigenvalue weighted by atomic mass is 10.2. The number of rotatable bonds is 4. The molecule has 0 saturated heterocycles. The van der Waals surface area contributed by atoms with Gasteiger partial charge in [0.1, 0.15) is 0 Å². The second kappa shape index (κ2) is 6.17. The maximum absolute atomic E-state index is 5.74. The molecule has 70 valence electrons. The summed E-state index contributed by atoms with van der Waals surface area (Å²) < 4.78 is 0. The fourth-order valence-corrected chi connectivity index (χ4v) is 1.25. The molecule has 0 aromatic heterocycles. The summed E-state index contributed by atoms with van der Waals surface area (Å²) >= 11 is 9.10. The van der Waals surface area contributed by atoms with E-state index in [4.69, 9.17) is 11.6 Å². The molecule has 0 spiro atoms. The lowest BCUT2D eigenvalue weighted by molar-refractivity contribution is 0.954. The average Bonchev–Trinajstić information content (AvgIpc) is 2.15. The molecule has 0 aliphatic rings. The Morgan fingerprint density at radius 2 is 2.00 bits per heavy atom. The molecule has 0 N–H and O–H groups in total. The van der Waals surface area contributed by atoms with Crippen LogP contribution in [-0.2, 0) is 0 Å². The number of nitrogens with zero attached hydrogens (tertiary/aromatic N) is 1. The van der Waals surface area contributed by atoms with Crippen molar-refractivity contribution in [2.45, 2.75) is 6.42 Å². The topological polar surface area (TPSA) is 12.4 Å². The summed E-state index contributed by atoms with van der Waals surface area (Å²) in [5, 5.41) is 1.77. The third-order valence-electron chi connectivity index (χ3n) is 1.53. The summed E-state index contributed by atoms with van der Waals surface area (Å²) in [7, 11) is 0. The minimum absolute atomic E-state index is 0.762. The lowest BCUT2D eigenvalue weighted by Gasteiger charge is -1.93. The van der Waals surface area contributed by atoms with Crippen molar-refractivity contribution >= 4 is 33.7 Å². The monoisotopic (exact) mass is 259 g/mol. The van der Waals surface area contributed by atoms with Crippen molar-refractivity contribution in [3.05, 3.63) is 34.9 Å². The van der Waals surface area contributed by atoms with Crippen LogP contribution >= 0.6 is 27.5 Å². The molecule has 1 nitrogen and oxygen atoms in total. The van der Waals surface area contributed by atoms with E-state index in [2.05, 4.69) is 20.9 Å². The van der Waals surface area contributed by atoms with Gasteiger partial charge in [0.2, 0.25) is 0 Å². The van der Waals surface area contributed by atoms with E-state index in [1.807, 2.05) is 30.5 Å². The van der Waals surface area contributed by atoms with Crippen molar-refractivity contribution in [2.24, 2.45) is 4.99 Å². The molecule has 0 amide bonds. The highest BCUT2D eigenvalue weighted by atomic mass is 79.9. The van der Waals surface area contributed by atoms with Crippen molar-refractivity contribution in [1.29, 1.82) is 0 Å². The van der Waals surface area contributed by atoms with Crippen LogP contribution in [0.3, 0.4) is 0 Å². The van der Waals surface area contributed by atoms with Gasteiger partial charge in [-0.2, -0.15) is 0 Å². The zero-order valence-corrected chi connectivity index (χ0v) is 9.55. The molecule has 0 saturated carbocycles. The maximum Gasteiger partial charge on any atom is 0.0406 e. The van der Waals surface area contributed by atoms with Gasteiger partial charge in [0.05, 0.1) is 0 Å². The molecular weight excluding hydrogens is 249 g/mol. The Kier molecular flexibility index (Phi) is 5.09. The summed E-state index contributed by atoms with van der Waals surface area (Å²) in [6, 6.07) is 7.65. The molecule has 0 aliphatic carbocycles. The molecule has 0 unspecified atom stereocenters. The number of benzene rings is 1. The van der Waals surface area contributed by atoms with Crippen LogP contribution in [0.2, 0.25) is 5.02 Å². The molecule has 0 fully saturated rings. The van der Waals surface area contributed by atoms with Gasteiger partial charge in [0, 0.05) is 23.1 Å². The fraction of sp³-hybridized carbons (Fsp3) is 0.300. The highest BCUT2D eigenvalue weighted by Gasteiger charge is 1.87. The van der Waals surface area contributed by atoms with Crippen LogP contribution in [0.25, 0.3) is 0 Å². The lowest BCUT2D eigenvalue weighted by Crippen LogP contribution is -1.84. The van der Waals surface area contributed by atoms with E-state index >= 15 is 0 Å². The van der Waals surface area contributed by atoms with Gasteiger partial charge >= 0.3 is 0 Å². The standard InChI is InChI=1S/C10H11BrClN/c11-6-1-7-13-8-9-2-4-10(12)5-3-9/h2-5,8H,1,6-7H2. The molecule has 1 aromatic carbocycles. The Morgan fingerprint density at radius 1 is 1.31 bits per heavy atom. The van der Waals surface area contributed by atoms with Crippen LogP contribution in [0.1, 0.15) is 12.0 Å². The van der Waals surface area contributed by atoms with Crippen molar-refractivity contribution in [2.75, 3.05) is 11.9 Å². The van der Waals surface area contributed by atoms with Crippen molar-refractivity contribution in [3.8, 4) is 0 Å². The number of alkyl halides is 1. The van der Waals surface area contributed by atoms with Crippen LogP contribution in [0.4, 0.5) is 0 Å². The third-order valence-corrected chi connectivity index (χ3v) is 2.34. The Balaban J connectivity index is 2.44. The SMILES string of the molecule is Clc1ccc(C=NCCCBr)cc1. The second-order valence-corrected chi connectivity index (χ2v) is 3.86. The van der Waals surface area contributed by atoms with Gasteiger partial charge in [-0.15, -0.1) is 0 Å². The summed E-state index contributed by atoms with van der Waals surface area (Å²) in [5.41, 5.74) is 1.10. The zero-order chi connectivity index (χ0) is 9.52.